The maximum absolute atomic E-state index is 12.1. The number of carbonyl (C=O) groups excluding carboxylic acids is 2. The standard InChI is InChI=1S/C15H18N2O3S3/c1-5-20-14(19)12-9(3)10(4)23-13(12)17-11(18)7-22-15-16-8(2)6-21-15/h6H,5,7H2,1-4H3,(H,17,18). The molecule has 2 rings (SSSR count). The van der Waals surface area contributed by atoms with Crippen molar-refractivity contribution in [3.63, 3.8) is 0 Å². The number of aryl methyl sites for hydroxylation is 2. The average molecular weight is 371 g/mol. The number of nitrogens with one attached hydrogen (secondary N) is 1. The van der Waals surface area contributed by atoms with Crippen molar-refractivity contribution in [2.75, 3.05) is 17.7 Å². The van der Waals surface area contributed by atoms with Crippen molar-refractivity contribution in [2.24, 2.45) is 0 Å². The molecular formula is C15H18N2O3S3. The number of nitrogens with zero attached hydrogens (tertiary/aromatic N) is 1. The molecule has 0 fully saturated rings. The molecular weight excluding hydrogens is 352 g/mol. The van der Waals surface area contributed by atoms with Gasteiger partial charge in [-0.2, -0.15) is 0 Å². The van der Waals surface area contributed by atoms with Crippen molar-refractivity contribution in [3.05, 3.63) is 27.1 Å². The molecule has 0 spiro atoms. The number of amides is 1. The van der Waals surface area contributed by atoms with Crippen molar-refractivity contribution in [1.82, 2.24) is 4.98 Å². The predicted molar refractivity (Wildman–Crippen MR) is 96.0 cm³/mol. The Hall–Kier alpha value is -1.38. The summed E-state index contributed by atoms with van der Waals surface area (Å²) in [7, 11) is 0. The van der Waals surface area contributed by atoms with Gasteiger partial charge in [0.1, 0.15) is 5.00 Å². The quantitative estimate of drug-likeness (QED) is 0.614. The number of anilines is 1. The van der Waals surface area contributed by atoms with Gasteiger partial charge in [-0.05, 0) is 33.3 Å². The van der Waals surface area contributed by atoms with E-state index in [0.717, 1.165) is 20.5 Å². The highest BCUT2D eigenvalue weighted by molar-refractivity contribution is 8.01. The minimum absolute atomic E-state index is 0.158. The number of aromatic nitrogens is 1. The lowest BCUT2D eigenvalue weighted by molar-refractivity contribution is -0.113. The maximum atomic E-state index is 12.1. The van der Waals surface area contributed by atoms with E-state index < -0.39 is 5.97 Å². The van der Waals surface area contributed by atoms with Gasteiger partial charge in [0, 0.05) is 16.0 Å². The van der Waals surface area contributed by atoms with Crippen LogP contribution in [0, 0.1) is 20.8 Å². The van der Waals surface area contributed by atoms with Crippen molar-refractivity contribution in [3.8, 4) is 0 Å². The zero-order chi connectivity index (χ0) is 17.0. The Morgan fingerprint density at radius 2 is 2.09 bits per heavy atom. The molecule has 0 atom stereocenters. The molecule has 0 radical (unpaired) electrons. The first-order chi connectivity index (χ1) is 10.9. The molecule has 0 aliphatic rings. The number of esters is 1. The van der Waals surface area contributed by atoms with E-state index in [0.29, 0.717) is 17.2 Å². The molecule has 0 saturated heterocycles. The number of thiazole rings is 1. The lowest BCUT2D eigenvalue weighted by Crippen LogP contribution is -2.16. The van der Waals surface area contributed by atoms with Crippen molar-refractivity contribution in [1.29, 1.82) is 0 Å². The zero-order valence-corrected chi connectivity index (χ0v) is 15.8. The molecule has 2 aromatic heterocycles. The van der Waals surface area contributed by atoms with E-state index >= 15 is 0 Å². The molecule has 0 aromatic carbocycles. The lowest BCUT2D eigenvalue weighted by atomic mass is 10.1. The van der Waals surface area contributed by atoms with Gasteiger partial charge in [0.2, 0.25) is 5.91 Å². The molecule has 1 N–H and O–H groups in total. The summed E-state index contributed by atoms with van der Waals surface area (Å²) in [6, 6.07) is 0. The summed E-state index contributed by atoms with van der Waals surface area (Å²) in [6.07, 6.45) is 0. The van der Waals surface area contributed by atoms with Gasteiger partial charge in [-0.1, -0.05) is 11.8 Å². The van der Waals surface area contributed by atoms with Crippen LogP contribution in [0.1, 0.15) is 33.4 Å². The van der Waals surface area contributed by atoms with Crippen LogP contribution in [-0.2, 0) is 9.53 Å². The summed E-state index contributed by atoms with van der Waals surface area (Å²) in [5.74, 6) is -0.298. The topological polar surface area (TPSA) is 68.3 Å². The monoisotopic (exact) mass is 370 g/mol. The summed E-state index contributed by atoms with van der Waals surface area (Å²) in [6.45, 7) is 7.77. The van der Waals surface area contributed by atoms with Gasteiger partial charge in [0.15, 0.2) is 4.34 Å². The molecule has 0 saturated carbocycles. The fourth-order valence-corrected chi connectivity index (χ4v) is 4.57. The molecule has 8 heteroatoms. The Kier molecular flexibility index (Phi) is 6.20. The van der Waals surface area contributed by atoms with Crippen LogP contribution >= 0.6 is 34.4 Å². The maximum Gasteiger partial charge on any atom is 0.341 e. The number of hydrogen-bond acceptors (Lipinski definition) is 7. The van der Waals surface area contributed by atoms with Gasteiger partial charge in [0.25, 0.3) is 0 Å². The third-order valence-electron chi connectivity index (χ3n) is 3.04. The Morgan fingerprint density at radius 3 is 2.70 bits per heavy atom. The van der Waals surface area contributed by atoms with Crippen LogP contribution in [0.5, 0.6) is 0 Å². The van der Waals surface area contributed by atoms with Crippen LogP contribution in [0.15, 0.2) is 9.72 Å². The van der Waals surface area contributed by atoms with Gasteiger partial charge in [-0.25, -0.2) is 9.78 Å². The SMILES string of the molecule is CCOC(=O)c1c(NC(=O)CSc2nc(C)cs2)sc(C)c1C. The van der Waals surface area contributed by atoms with Crippen LogP contribution < -0.4 is 5.32 Å². The Balaban J connectivity index is 2.05. The molecule has 0 unspecified atom stereocenters. The van der Waals surface area contributed by atoms with Crippen molar-refractivity contribution in [2.45, 2.75) is 32.0 Å². The van der Waals surface area contributed by atoms with E-state index in [1.54, 1.807) is 6.92 Å². The lowest BCUT2D eigenvalue weighted by Gasteiger charge is -2.06. The van der Waals surface area contributed by atoms with E-state index in [1.165, 1.54) is 34.4 Å². The molecule has 23 heavy (non-hydrogen) atoms. The first-order valence-corrected chi connectivity index (χ1v) is 9.72. The van der Waals surface area contributed by atoms with Crippen LogP contribution in [0.25, 0.3) is 0 Å². The number of thioether (sulfide) groups is 1. The molecule has 5 nitrogen and oxygen atoms in total. The average Bonchev–Trinajstić information content (AvgIpc) is 3.01. The predicted octanol–water partition coefficient (Wildman–Crippen LogP) is 4.04. The van der Waals surface area contributed by atoms with Gasteiger partial charge < -0.3 is 10.1 Å². The number of thiophene rings is 1. The molecule has 0 aliphatic heterocycles. The highest BCUT2D eigenvalue weighted by Crippen LogP contribution is 2.33. The highest BCUT2D eigenvalue weighted by Gasteiger charge is 2.22. The number of rotatable bonds is 6. The summed E-state index contributed by atoms with van der Waals surface area (Å²) < 4.78 is 5.94. The second-order valence-corrected chi connectivity index (χ2v) is 8.10. The first kappa shape index (κ1) is 18.0. The van der Waals surface area contributed by atoms with E-state index in [2.05, 4.69) is 10.3 Å². The van der Waals surface area contributed by atoms with Crippen molar-refractivity contribution < 1.29 is 14.3 Å². The third kappa shape index (κ3) is 4.55. The number of carbonyl (C=O) groups is 2. The van der Waals surface area contributed by atoms with E-state index in [4.69, 9.17) is 4.74 Å². The largest absolute Gasteiger partial charge is 0.462 e. The van der Waals surface area contributed by atoms with Gasteiger partial charge in [-0.3, -0.25) is 4.79 Å². The minimum Gasteiger partial charge on any atom is -0.462 e. The fourth-order valence-electron chi connectivity index (χ4n) is 1.85. The molecule has 124 valence electrons. The molecule has 0 bridgehead atoms. The Labute approximate surface area is 147 Å². The van der Waals surface area contributed by atoms with Crippen LogP contribution in [0.4, 0.5) is 5.00 Å². The second-order valence-electron chi connectivity index (χ2n) is 4.80. The van der Waals surface area contributed by atoms with Crippen LogP contribution in [0.2, 0.25) is 0 Å². The fraction of sp³-hybridized carbons (Fsp3) is 0.400. The van der Waals surface area contributed by atoms with E-state index in [-0.39, 0.29) is 11.7 Å². The number of ether oxygens (including phenoxy) is 1. The van der Waals surface area contributed by atoms with Crippen molar-refractivity contribution >= 4 is 51.3 Å². The van der Waals surface area contributed by atoms with Gasteiger partial charge in [0.05, 0.1) is 17.9 Å². The normalized spacial score (nSPS) is 10.6. The summed E-state index contributed by atoms with van der Waals surface area (Å²) in [5, 5.41) is 5.33. The summed E-state index contributed by atoms with van der Waals surface area (Å²) >= 11 is 4.30. The minimum atomic E-state index is -0.396. The summed E-state index contributed by atoms with van der Waals surface area (Å²) in [4.78, 5) is 29.5. The summed E-state index contributed by atoms with van der Waals surface area (Å²) in [5.41, 5.74) is 2.26. The molecule has 1 amide bonds. The number of hydrogen-bond donors (Lipinski definition) is 1. The van der Waals surface area contributed by atoms with Crippen LogP contribution in [0.3, 0.4) is 0 Å². The van der Waals surface area contributed by atoms with Gasteiger partial charge >= 0.3 is 5.97 Å². The van der Waals surface area contributed by atoms with E-state index in [1.807, 2.05) is 26.2 Å². The molecule has 2 aromatic rings. The second kappa shape index (κ2) is 7.94. The third-order valence-corrected chi connectivity index (χ3v) is 6.30. The smallest absolute Gasteiger partial charge is 0.341 e. The van der Waals surface area contributed by atoms with E-state index in [9.17, 15) is 9.59 Å². The molecule has 2 heterocycles. The van der Waals surface area contributed by atoms with Gasteiger partial charge in [-0.15, -0.1) is 22.7 Å². The first-order valence-electron chi connectivity index (χ1n) is 7.04. The molecule has 0 aliphatic carbocycles. The van der Waals surface area contributed by atoms with Crippen LogP contribution in [-0.4, -0.2) is 29.2 Å². The Morgan fingerprint density at radius 1 is 1.35 bits per heavy atom. The Bertz CT molecular complexity index is 722. The highest BCUT2D eigenvalue weighted by atomic mass is 32.2. The zero-order valence-electron chi connectivity index (χ0n) is 13.4.